The van der Waals surface area contributed by atoms with Crippen molar-refractivity contribution in [3.05, 3.63) is 116 Å². The minimum Gasteiger partial charge on any atom is -0.339 e. The molecular weight excluding hydrogens is 568 g/mol. The van der Waals surface area contributed by atoms with E-state index in [-0.39, 0.29) is 5.92 Å². The van der Waals surface area contributed by atoms with Gasteiger partial charge in [-0.1, -0.05) is 112 Å². The first kappa shape index (κ1) is 27.7. The summed E-state index contributed by atoms with van der Waals surface area (Å²) < 4.78 is 0. The first-order chi connectivity index (χ1) is 17.3. The van der Waals surface area contributed by atoms with Gasteiger partial charge >= 0.3 is 0 Å². The Morgan fingerprint density at radius 3 is 1.86 bits per heavy atom. The van der Waals surface area contributed by atoms with Crippen molar-refractivity contribution < 1.29 is 4.90 Å². The Balaban J connectivity index is 1.77. The fourth-order valence-corrected chi connectivity index (χ4v) is 7.31. The maximum atomic E-state index is 6.82. The summed E-state index contributed by atoms with van der Waals surface area (Å²) in [6.07, 6.45) is 0.765. The van der Waals surface area contributed by atoms with E-state index >= 15 is 0 Å². The Labute approximate surface area is 242 Å². The van der Waals surface area contributed by atoms with Gasteiger partial charge < -0.3 is 4.90 Å². The van der Waals surface area contributed by atoms with E-state index < -0.39 is 0 Å². The van der Waals surface area contributed by atoms with E-state index in [0.29, 0.717) is 20.1 Å². The second-order valence-electron chi connectivity index (χ2n) is 8.80. The number of quaternary nitrogens is 1. The number of halogens is 4. The van der Waals surface area contributed by atoms with Crippen LogP contribution in [0.25, 0.3) is 0 Å². The lowest BCUT2D eigenvalue weighted by atomic mass is 9.91. The molecule has 0 fully saturated rings. The summed E-state index contributed by atoms with van der Waals surface area (Å²) in [6, 6.07) is 28.4. The maximum absolute atomic E-state index is 6.82. The summed E-state index contributed by atoms with van der Waals surface area (Å²) in [5.74, 6) is 0.167. The molecular formula is C29H26Cl4NS2+. The molecule has 4 rings (SSSR count). The minimum atomic E-state index is 0.167. The Kier molecular flexibility index (Phi) is 9.99. The molecule has 0 aliphatic rings. The summed E-state index contributed by atoms with van der Waals surface area (Å²) >= 11 is 29.9. The van der Waals surface area contributed by atoms with Gasteiger partial charge in [0.15, 0.2) is 0 Å². The van der Waals surface area contributed by atoms with Crippen LogP contribution in [0.3, 0.4) is 0 Å². The maximum Gasteiger partial charge on any atom is 0.0840 e. The van der Waals surface area contributed by atoms with Crippen molar-refractivity contribution in [2.24, 2.45) is 0 Å². The molecule has 0 amide bonds. The quantitative estimate of drug-likeness (QED) is 0.206. The molecule has 7 heteroatoms. The predicted octanol–water partition coefficient (Wildman–Crippen LogP) is 9.07. The van der Waals surface area contributed by atoms with E-state index in [1.165, 1.54) is 10.5 Å². The highest BCUT2D eigenvalue weighted by Crippen LogP contribution is 2.44. The first-order valence-electron chi connectivity index (χ1n) is 11.5. The third-order valence-corrected chi connectivity index (χ3v) is 9.54. The molecule has 4 aromatic carbocycles. The predicted molar refractivity (Wildman–Crippen MR) is 158 cm³/mol. The molecule has 0 radical (unpaired) electrons. The molecule has 0 aliphatic heterocycles. The normalized spacial score (nSPS) is 12.2. The SMILES string of the molecule is C[NH+](C)C[C@@H](Cc1cc(Cl)cc(Cl)c1Sc1ccccc1)c1ccc(Cl)c(Cl)c1Sc1ccccc1. The van der Waals surface area contributed by atoms with Crippen LogP contribution in [0.1, 0.15) is 17.0 Å². The molecule has 1 atom stereocenters. The van der Waals surface area contributed by atoms with Gasteiger partial charge in [0.2, 0.25) is 0 Å². The van der Waals surface area contributed by atoms with Crippen molar-refractivity contribution in [3.63, 3.8) is 0 Å². The van der Waals surface area contributed by atoms with Gasteiger partial charge in [-0.2, -0.15) is 0 Å². The molecule has 1 nitrogen and oxygen atoms in total. The summed E-state index contributed by atoms with van der Waals surface area (Å²) in [7, 11) is 4.33. The molecule has 0 unspecified atom stereocenters. The molecule has 0 aliphatic carbocycles. The highest BCUT2D eigenvalue weighted by atomic mass is 35.5. The zero-order valence-corrected chi connectivity index (χ0v) is 24.6. The van der Waals surface area contributed by atoms with Crippen LogP contribution in [0.5, 0.6) is 0 Å². The topological polar surface area (TPSA) is 4.44 Å². The number of nitrogens with one attached hydrogen (secondary N) is 1. The fourth-order valence-electron chi connectivity index (χ4n) is 4.11. The lowest BCUT2D eigenvalue weighted by Crippen LogP contribution is -3.06. The fraction of sp³-hybridized carbons (Fsp3) is 0.172. The van der Waals surface area contributed by atoms with Crippen molar-refractivity contribution in [2.45, 2.75) is 31.9 Å². The molecule has 1 N–H and O–H groups in total. The van der Waals surface area contributed by atoms with Gasteiger partial charge in [0.25, 0.3) is 0 Å². The Morgan fingerprint density at radius 1 is 0.694 bits per heavy atom. The largest absolute Gasteiger partial charge is 0.339 e. The Hall–Kier alpha value is -1.30. The smallest absolute Gasteiger partial charge is 0.0840 e. The van der Waals surface area contributed by atoms with Gasteiger partial charge in [-0.05, 0) is 60.0 Å². The summed E-state index contributed by atoms with van der Waals surface area (Å²) in [6.45, 7) is 0.903. The van der Waals surface area contributed by atoms with Crippen LogP contribution in [-0.2, 0) is 6.42 Å². The van der Waals surface area contributed by atoms with Crippen LogP contribution in [0, 0.1) is 0 Å². The number of hydrogen-bond donors (Lipinski definition) is 1. The zero-order chi connectivity index (χ0) is 25.7. The average Bonchev–Trinajstić information content (AvgIpc) is 2.85. The van der Waals surface area contributed by atoms with E-state index in [1.54, 1.807) is 23.5 Å². The van der Waals surface area contributed by atoms with Gasteiger partial charge in [0.1, 0.15) is 0 Å². The average molecular weight is 594 g/mol. The van der Waals surface area contributed by atoms with Crippen LogP contribution in [0.4, 0.5) is 0 Å². The molecule has 0 spiro atoms. The number of rotatable bonds is 9. The molecule has 0 heterocycles. The van der Waals surface area contributed by atoms with Crippen LogP contribution in [-0.4, -0.2) is 20.6 Å². The molecule has 0 aromatic heterocycles. The lowest BCUT2D eigenvalue weighted by molar-refractivity contribution is -0.859. The minimum absolute atomic E-state index is 0.167. The second kappa shape index (κ2) is 13.0. The highest BCUT2D eigenvalue weighted by Gasteiger charge is 2.25. The van der Waals surface area contributed by atoms with Crippen molar-refractivity contribution in [1.82, 2.24) is 0 Å². The van der Waals surface area contributed by atoms with Crippen LogP contribution < -0.4 is 4.90 Å². The molecule has 0 saturated heterocycles. The van der Waals surface area contributed by atoms with Gasteiger partial charge in [-0.15, -0.1) is 0 Å². The van der Waals surface area contributed by atoms with Gasteiger partial charge in [-0.25, -0.2) is 0 Å². The zero-order valence-electron chi connectivity index (χ0n) is 19.9. The van der Waals surface area contributed by atoms with Crippen molar-refractivity contribution in [2.75, 3.05) is 20.6 Å². The van der Waals surface area contributed by atoms with Gasteiger partial charge in [-0.3, -0.25) is 0 Å². The monoisotopic (exact) mass is 592 g/mol. The second-order valence-corrected chi connectivity index (χ2v) is 12.6. The van der Waals surface area contributed by atoms with E-state index in [4.69, 9.17) is 46.4 Å². The third-order valence-electron chi connectivity index (χ3n) is 5.65. The van der Waals surface area contributed by atoms with Crippen molar-refractivity contribution in [1.29, 1.82) is 0 Å². The number of benzene rings is 4. The molecule has 0 saturated carbocycles. The highest BCUT2D eigenvalue weighted by molar-refractivity contribution is 7.99. The lowest BCUT2D eigenvalue weighted by Gasteiger charge is -2.24. The van der Waals surface area contributed by atoms with E-state index in [1.807, 2.05) is 54.6 Å². The Morgan fingerprint density at radius 2 is 1.28 bits per heavy atom. The Bertz CT molecular complexity index is 1310. The van der Waals surface area contributed by atoms with Crippen molar-refractivity contribution >= 4 is 69.9 Å². The first-order valence-corrected chi connectivity index (χ1v) is 14.7. The van der Waals surface area contributed by atoms with Crippen LogP contribution >= 0.6 is 69.9 Å². The van der Waals surface area contributed by atoms with Gasteiger partial charge in [0, 0.05) is 30.5 Å². The standard InChI is InChI=1S/C29H25Cl4NS2/c1-34(2)18-20(24-13-14-25(31)27(33)29(24)36-23-11-7-4-8-12-23)15-19-16-21(30)17-26(32)28(19)35-22-9-5-3-6-10-22/h3-14,16-17,20H,15,18H2,1-2H3/p+1/t20-/m1/s1. The van der Waals surface area contributed by atoms with E-state index in [9.17, 15) is 0 Å². The van der Waals surface area contributed by atoms with Crippen LogP contribution in [0.15, 0.2) is 105 Å². The number of likely N-dealkylation sites (N-methyl/N-ethyl adjacent to an activating group) is 1. The molecule has 0 bridgehead atoms. The molecule has 4 aromatic rings. The summed E-state index contributed by atoms with van der Waals surface area (Å²) in [5, 5.41) is 2.44. The molecule has 186 valence electrons. The van der Waals surface area contributed by atoms with Crippen molar-refractivity contribution in [3.8, 4) is 0 Å². The van der Waals surface area contributed by atoms with Gasteiger partial charge in [0.05, 0.1) is 35.7 Å². The number of hydrogen-bond acceptors (Lipinski definition) is 2. The van der Waals surface area contributed by atoms with E-state index in [2.05, 4.69) is 44.4 Å². The van der Waals surface area contributed by atoms with E-state index in [0.717, 1.165) is 38.1 Å². The molecule has 36 heavy (non-hydrogen) atoms. The van der Waals surface area contributed by atoms with Crippen LogP contribution in [0.2, 0.25) is 20.1 Å². The third kappa shape index (κ3) is 7.17. The summed E-state index contributed by atoms with van der Waals surface area (Å²) in [5.41, 5.74) is 2.29. The summed E-state index contributed by atoms with van der Waals surface area (Å²) in [4.78, 5) is 5.61.